The number of nitrogens with one attached hydrogen (secondary N) is 1. The molecule has 3 heteroatoms. The highest BCUT2D eigenvalue weighted by molar-refractivity contribution is 5.77. The van der Waals surface area contributed by atoms with Gasteiger partial charge in [0, 0.05) is 36.1 Å². The summed E-state index contributed by atoms with van der Waals surface area (Å²) < 4.78 is 0. The van der Waals surface area contributed by atoms with E-state index in [9.17, 15) is 4.79 Å². The van der Waals surface area contributed by atoms with Crippen LogP contribution in [0.4, 0.5) is 0 Å². The summed E-state index contributed by atoms with van der Waals surface area (Å²) in [6.45, 7) is 1.98. The van der Waals surface area contributed by atoms with Crippen molar-refractivity contribution in [2.75, 3.05) is 0 Å². The number of hydrogen-bond acceptors (Lipinski definition) is 2. The molecule has 0 atom stereocenters. The topological polar surface area (TPSA) is 45.8 Å². The second-order valence-electron chi connectivity index (χ2n) is 3.88. The molecule has 1 aliphatic rings. The Morgan fingerprint density at radius 3 is 3.20 bits per heavy atom. The van der Waals surface area contributed by atoms with Crippen LogP contribution < -0.4 is 5.56 Å². The molecule has 2 aromatic heterocycles. The first kappa shape index (κ1) is 8.41. The summed E-state index contributed by atoms with van der Waals surface area (Å²) in [7, 11) is 0. The van der Waals surface area contributed by atoms with E-state index in [0.717, 1.165) is 17.7 Å². The molecule has 0 spiro atoms. The van der Waals surface area contributed by atoms with Crippen molar-refractivity contribution in [2.45, 2.75) is 13.3 Å². The van der Waals surface area contributed by atoms with Crippen molar-refractivity contribution in [1.82, 2.24) is 9.97 Å². The minimum Gasteiger partial charge on any atom is -0.325 e. The smallest absolute Gasteiger partial charge is 0.248 e. The van der Waals surface area contributed by atoms with Crippen molar-refractivity contribution in [3.8, 4) is 11.1 Å². The van der Waals surface area contributed by atoms with Gasteiger partial charge in [-0.3, -0.25) is 9.78 Å². The predicted molar refractivity (Wildman–Crippen MR) is 57.8 cm³/mol. The molecular formula is C12H10N2O. The molecule has 0 bridgehead atoms. The average molecular weight is 198 g/mol. The fraction of sp³-hybridized carbons (Fsp3) is 0.167. The molecule has 0 fully saturated rings. The molecule has 3 nitrogen and oxygen atoms in total. The molecule has 0 aliphatic heterocycles. The minimum atomic E-state index is -0.0213. The molecule has 1 aliphatic carbocycles. The lowest BCUT2D eigenvalue weighted by molar-refractivity contribution is 1.07. The zero-order valence-electron chi connectivity index (χ0n) is 8.37. The summed E-state index contributed by atoms with van der Waals surface area (Å²) in [5, 5.41) is 0. The van der Waals surface area contributed by atoms with Crippen LogP contribution in [0.1, 0.15) is 16.8 Å². The highest BCUT2D eigenvalue weighted by Gasteiger charge is 2.20. The summed E-state index contributed by atoms with van der Waals surface area (Å²) in [6.07, 6.45) is 4.45. The molecule has 0 aromatic carbocycles. The number of nitrogens with zero attached hydrogens (tertiary/aromatic N) is 1. The van der Waals surface area contributed by atoms with E-state index in [4.69, 9.17) is 0 Å². The molecule has 0 saturated heterocycles. The van der Waals surface area contributed by atoms with Crippen molar-refractivity contribution < 1.29 is 0 Å². The Hall–Kier alpha value is -1.90. The molecule has 0 amide bonds. The number of aryl methyl sites for hydroxylation is 1. The van der Waals surface area contributed by atoms with Crippen molar-refractivity contribution >= 4 is 0 Å². The first-order valence-electron chi connectivity index (χ1n) is 4.92. The lowest BCUT2D eigenvalue weighted by Crippen LogP contribution is -2.08. The Morgan fingerprint density at radius 2 is 2.33 bits per heavy atom. The molecular weight excluding hydrogens is 188 g/mol. The second kappa shape index (κ2) is 2.79. The lowest BCUT2D eigenvalue weighted by Gasteiger charge is -2.03. The monoisotopic (exact) mass is 198 g/mol. The van der Waals surface area contributed by atoms with Crippen LogP contribution in [-0.4, -0.2) is 9.97 Å². The molecule has 3 rings (SSSR count). The summed E-state index contributed by atoms with van der Waals surface area (Å²) in [5.41, 5.74) is 5.60. The third-order valence-electron chi connectivity index (χ3n) is 2.86. The van der Waals surface area contributed by atoms with Gasteiger partial charge in [0.15, 0.2) is 0 Å². The van der Waals surface area contributed by atoms with Crippen molar-refractivity contribution in [2.24, 2.45) is 0 Å². The number of pyridine rings is 2. The second-order valence-corrected chi connectivity index (χ2v) is 3.88. The molecule has 2 heterocycles. The van der Waals surface area contributed by atoms with Crippen molar-refractivity contribution in [1.29, 1.82) is 0 Å². The lowest BCUT2D eigenvalue weighted by atomic mass is 10.1. The van der Waals surface area contributed by atoms with Gasteiger partial charge in [0.05, 0.1) is 0 Å². The third kappa shape index (κ3) is 1.13. The first-order valence-corrected chi connectivity index (χ1v) is 4.92. The minimum absolute atomic E-state index is 0.0213. The van der Waals surface area contributed by atoms with Gasteiger partial charge in [-0.1, -0.05) is 0 Å². The largest absolute Gasteiger partial charge is 0.325 e. The molecule has 0 unspecified atom stereocenters. The van der Waals surface area contributed by atoms with Crippen molar-refractivity contribution in [3.63, 3.8) is 0 Å². The zero-order chi connectivity index (χ0) is 10.4. The van der Waals surface area contributed by atoms with Gasteiger partial charge in [-0.25, -0.2) is 0 Å². The summed E-state index contributed by atoms with van der Waals surface area (Å²) in [5.74, 6) is 0. The van der Waals surface area contributed by atoms with Crippen molar-refractivity contribution in [3.05, 3.63) is 51.7 Å². The van der Waals surface area contributed by atoms with Crippen LogP contribution in [0, 0.1) is 6.92 Å². The highest BCUT2D eigenvalue weighted by Crippen LogP contribution is 2.35. The maximum Gasteiger partial charge on any atom is 0.248 e. The molecule has 1 N–H and O–H groups in total. The van der Waals surface area contributed by atoms with Crippen LogP contribution in [0.3, 0.4) is 0 Å². The van der Waals surface area contributed by atoms with Crippen LogP contribution in [0.2, 0.25) is 0 Å². The Labute approximate surface area is 86.8 Å². The molecule has 2 aromatic rings. The van der Waals surface area contributed by atoms with E-state index in [1.165, 1.54) is 16.7 Å². The maximum atomic E-state index is 11.3. The normalized spacial score (nSPS) is 12.3. The molecule has 15 heavy (non-hydrogen) atoms. The van der Waals surface area contributed by atoms with Crippen LogP contribution in [-0.2, 0) is 6.42 Å². The number of aromatic amines is 1. The maximum absolute atomic E-state index is 11.3. The predicted octanol–water partition coefficient (Wildman–Crippen LogP) is 1.65. The number of hydrogen-bond donors (Lipinski definition) is 1. The van der Waals surface area contributed by atoms with Gasteiger partial charge >= 0.3 is 0 Å². The number of aromatic nitrogens is 2. The Kier molecular flexibility index (Phi) is 1.57. The first-order chi connectivity index (χ1) is 7.25. The van der Waals surface area contributed by atoms with E-state index in [1.807, 2.05) is 19.2 Å². The van der Waals surface area contributed by atoms with Crippen LogP contribution >= 0.6 is 0 Å². The van der Waals surface area contributed by atoms with Crippen LogP contribution in [0.5, 0.6) is 0 Å². The quantitative estimate of drug-likeness (QED) is 0.597. The zero-order valence-corrected chi connectivity index (χ0v) is 8.37. The highest BCUT2D eigenvalue weighted by atomic mass is 16.1. The van der Waals surface area contributed by atoms with E-state index < -0.39 is 0 Å². The molecule has 0 radical (unpaired) electrons. The van der Waals surface area contributed by atoms with Crippen LogP contribution in [0.15, 0.2) is 29.3 Å². The van der Waals surface area contributed by atoms with Crippen LogP contribution in [0.25, 0.3) is 11.1 Å². The fourth-order valence-corrected chi connectivity index (χ4v) is 2.26. The van der Waals surface area contributed by atoms with Gasteiger partial charge in [0.1, 0.15) is 0 Å². The van der Waals surface area contributed by atoms with E-state index in [1.54, 1.807) is 12.3 Å². The van der Waals surface area contributed by atoms with Gasteiger partial charge in [0.25, 0.3) is 0 Å². The standard InChI is InChI=1S/C12H10N2O/c1-7-4-11(15)14-10-5-8-6-13-3-2-9(8)12(7)10/h2-4,6H,5H2,1H3,(H,14,15). The Bertz CT molecular complexity index is 599. The van der Waals surface area contributed by atoms with Gasteiger partial charge in [0.2, 0.25) is 5.56 Å². The molecule has 0 saturated carbocycles. The van der Waals surface area contributed by atoms with Gasteiger partial charge < -0.3 is 4.98 Å². The summed E-state index contributed by atoms with van der Waals surface area (Å²) in [6, 6.07) is 3.65. The number of H-pyrrole nitrogens is 1. The fourth-order valence-electron chi connectivity index (χ4n) is 2.26. The van der Waals surface area contributed by atoms with E-state index >= 15 is 0 Å². The number of fused-ring (bicyclic) bond motifs is 3. The molecule has 74 valence electrons. The van der Waals surface area contributed by atoms with Gasteiger partial charge in [-0.05, 0) is 29.7 Å². The van der Waals surface area contributed by atoms with Gasteiger partial charge in [-0.15, -0.1) is 0 Å². The van der Waals surface area contributed by atoms with E-state index in [-0.39, 0.29) is 5.56 Å². The Balaban J connectivity index is 2.38. The van der Waals surface area contributed by atoms with E-state index in [2.05, 4.69) is 9.97 Å². The number of rotatable bonds is 0. The summed E-state index contributed by atoms with van der Waals surface area (Å²) >= 11 is 0. The van der Waals surface area contributed by atoms with E-state index in [0.29, 0.717) is 0 Å². The average Bonchev–Trinajstić information content (AvgIpc) is 2.54. The SMILES string of the molecule is Cc1cc(=O)[nH]c2c1-c1ccncc1C2. The van der Waals surface area contributed by atoms with Gasteiger partial charge in [-0.2, -0.15) is 0 Å². The third-order valence-corrected chi connectivity index (χ3v) is 2.86. The summed E-state index contributed by atoms with van der Waals surface area (Å²) in [4.78, 5) is 18.3. The Morgan fingerprint density at radius 1 is 1.47 bits per heavy atom.